The van der Waals surface area contributed by atoms with E-state index >= 15 is 0 Å². The summed E-state index contributed by atoms with van der Waals surface area (Å²) in [5.41, 5.74) is 3.24. The number of nitrogens with one attached hydrogen (secondary N) is 2. The zero-order valence-electron chi connectivity index (χ0n) is 15.4. The van der Waals surface area contributed by atoms with Crippen LogP contribution in [-0.2, 0) is 14.3 Å². The summed E-state index contributed by atoms with van der Waals surface area (Å²) in [6.45, 7) is 8.23. The summed E-state index contributed by atoms with van der Waals surface area (Å²) in [6.07, 6.45) is 2.26. The predicted molar refractivity (Wildman–Crippen MR) is 97.7 cm³/mol. The molecule has 0 heterocycles. The second-order valence-corrected chi connectivity index (χ2v) is 5.95. The van der Waals surface area contributed by atoms with Gasteiger partial charge < -0.3 is 14.8 Å². The maximum absolute atomic E-state index is 12.5. The molecule has 0 aliphatic heterocycles. The number of carbonyl (C=O) groups is 2. The van der Waals surface area contributed by atoms with Gasteiger partial charge in [0.2, 0.25) is 5.91 Å². The van der Waals surface area contributed by atoms with Crippen molar-refractivity contribution < 1.29 is 24.3 Å². The van der Waals surface area contributed by atoms with Crippen molar-refractivity contribution >= 4 is 11.8 Å². The average molecular weight is 364 g/mol. The molecule has 7 heteroatoms. The van der Waals surface area contributed by atoms with Crippen molar-refractivity contribution in [3.63, 3.8) is 0 Å². The van der Waals surface area contributed by atoms with Gasteiger partial charge in [0, 0.05) is 18.1 Å². The summed E-state index contributed by atoms with van der Waals surface area (Å²) >= 11 is 0. The third kappa shape index (κ3) is 7.77. The van der Waals surface area contributed by atoms with Crippen molar-refractivity contribution in [3.8, 4) is 0 Å². The van der Waals surface area contributed by atoms with Crippen molar-refractivity contribution in [2.24, 2.45) is 5.92 Å². The largest absolute Gasteiger partial charge is 0.356 e. The maximum atomic E-state index is 12.5. The first-order valence-electron chi connectivity index (χ1n) is 8.59. The molecule has 1 aromatic rings. The van der Waals surface area contributed by atoms with Gasteiger partial charge in [-0.3, -0.25) is 14.8 Å². The summed E-state index contributed by atoms with van der Waals surface area (Å²) in [5.74, 6) is -1.31. The van der Waals surface area contributed by atoms with E-state index in [0.717, 1.165) is 5.56 Å². The zero-order chi connectivity index (χ0) is 19.4. The monoisotopic (exact) mass is 364 g/mol. The minimum Gasteiger partial charge on any atom is -0.356 e. The second kappa shape index (κ2) is 12.2. The summed E-state index contributed by atoms with van der Waals surface area (Å²) < 4.78 is 10.6. The van der Waals surface area contributed by atoms with Gasteiger partial charge in [-0.15, -0.1) is 6.58 Å². The average Bonchev–Trinajstić information content (AvgIpc) is 2.64. The lowest BCUT2D eigenvalue weighted by Gasteiger charge is -2.23. The van der Waals surface area contributed by atoms with Crippen LogP contribution >= 0.6 is 0 Å². The highest BCUT2D eigenvalue weighted by Crippen LogP contribution is 2.14. The van der Waals surface area contributed by atoms with Crippen molar-refractivity contribution in [2.45, 2.75) is 32.7 Å². The first-order valence-corrected chi connectivity index (χ1v) is 8.59. The Morgan fingerprint density at radius 3 is 2.54 bits per heavy atom. The van der Waals surface area contributed by atoms with Crippen molar-refractivity contribution in [3.05, 3.63) is 48.0 Å². The molecular formula is C19H28N2O5. The number of allylic oxidation sites excluding steroid dienone is 1. The molecule has 0 aromatic heterocycles. The molecule has 0 saturated heterocycles. The minimum absolute atomic E-state index is 0.103. The Kier molecular flexibility index (Phi) is 10.2. The molecule has 26 heavy (non-hydrogen) atoms. The third-order valence-corrected chi connectivity index (χ3v) is 3.84. The number of hydroxylamine groups is 1. The highest BCUT2D eigenvalue weighted by atomic mass is 16.7. The van der Waals surface area contributed by atoms with Gasteiger partial charge in [-0.2, -0.15) is 0 Å². The maximum Gasteiger partial charge on any atom is 0.251 e. The summed E-state index contributed by atoms with van der Waals surface area (Å²) in [6, 6.07) is 6.77. The fourth-order valence-corrected chi connectivity index (χ4v) is 2.42. The lowest BCUT2D eigenvalue weighted by atomic mass is 9.95. The van der Waals surface area contributed by atoms with Crippen LogP contribution in [0.4, 0.5) is 0 Å². The molecule has 144 valence electrons. The Hall–Kier alpha value is -2.22. The highest BCUT2D eigenvalue weighted by Gasteiger charge is 2.23. The smallest absolute Gasteiger partial charge is 0.251 e. The van der Waals surface area contributed by atoms with Gasteiger partial charge >= 0.3 is 0 Å². The standard InChI is InChI=1S/C19H28N2O5/c1-4-6-16(19(23)21-24)11-17(12-26-13-25-5-2)20-18(22)15-9-7-14(3)8-10-15/h4,7-10,16-17,24H,1,5-6,11-13H2,2-3H3,(H,20,22)(H,21,23). The zero-order valence-corrected chi connectivity index (χ0v) is 15.4. The summed E-state index contributed by atoms with van der Waals surface area (Å²) in [4.78, 5) is 24.3. The lowest BCUT2D eigenvalue weighted by Crippen LogP contribution is -2.42. The molecule has 0 aliphatic carbocycles. The van der Waals surface area contributed by atoms with E-state index in [1.165, 1.54) is 0 Å². The molecule has 3 N–H and O–H groups in total. The number of aryl methyl sites for hydroxylation is 1. The molecule has 1 aromatic carbocycles. The quantitative estimate of drug-likeness (QED) is 0.174. The normalized spacial score (nSPS) is 12.9. The van der Waals surface area contributed by atoms with Gasteiger partial charge in [0.1, 0.15) is 6.79 Å². The Morgan fingerprint density at radius 1 is 1.27 bits per heavy atom. The number of benzene rings is 1. The Balaban J connectivity index is 2.78. The Bertz CT molecular complexity index is 574. The van der Waals surface area contributed by atoms with Crippen LogP contribution in [0.15, 0.2) is 36.9 Å². The fraction of sp³-hybridized carbons (Fsp3) is 0.474. The van der Waals surface area contributed by atoms with Crippen LogP contribution in [-0.4, -0.2) is 43.1 Å². The van der Waals surface area contributed by atoms with Crippen LogP contribution in [0, 0.1) is 12.8 Å². The summed E-state index contributed by atoms with van der Waals surface area (Å²) in [7, 11) is 0. The van der Waals surface area contributed by atoms with Crippen molar-refractivity contribution in [1.82, 2.24) is 10.8 Å². The molecule has 0 fully saturated rings. The first kappa shape index (κ1) is 21.8. The molecule has 2 unspecified atom stereocenters. The van der Waals surface area contributed by atoms with Gasteiger partial charge in [-0.1, -0.05) is 23.8 Å². The van der Waals surface area contributed by atoms with E-state index < -0.39 is 17.9 Å². The number of amides is 2. The Labute approximate surface area is 154 Å². The van der Waals surface area contributed by atoms with Gasteiger partial charge in [-0.05, 0) is 38.8 Å². The molecule has 1 rings (SSSR count). The van der Waals surface area contributed by atoms with E-state index in [-0.39, 0.29) is 19.3 Å². The van der Waals surface area contributed by atoms with Gasteiger partial charge in [0.25, 0.3) is 5.91 Å². The van der Waals surface area contributed by atoms with E-state index in [1.54, 1.807) is 23.7 Å². The van der Waals surface area contributed by atoms with E-state index in [0.29, 0.717) is 25.0 Å². The number of ether oxygens (including phenoxy) is 2. The minimum atomic E-state index is -0.531. The fourth-order valence-electron chi connectivity index (χ4n) is 2.42. The molecule has 2 amide bonds. The topological polar surface area (TPSA) is 96.9 Å². The number of hydrogen-bond donors (Lipinski definition) is 3. The molecular weight excluding hydrogens is 336 g/mol. The molecule has 7 nitrogen and oxygen atoms in total. The molecule has 0 radical (unpaired) electrons. The van der Waals surface area contributed by atoms with Gasteiger partial charge in [0.15, 0.2) is 0 Å². The molecule has 2 atom stereocenters. The van der Waals surface area contributed by atoms with Crippen LogP contribution < -0.4 is 10.8 Å². The summed E-state index contributed by atoms with van der Waals surface area (Å²) in [5, 5.41) is 11.8. The van der Waals surface area contributed by atoms with E-state index in [9.17, 15) is 9.59 Å². The number of carbonyl (C=O) groups excluding carboxylic acids is 2. The predicted octanol–water partition coefficient (Wildman–Crippen LogP) is 2.19. The second-order valence-electron chi connectivity index (χ2n) is 5.95. The van der Waals surface area contributed by atoms with Crippen molar-refractivity contribution in [2.75, 3.05) is 20.0 Å². The molecule has 0 bridgehead atoms. The van der Waals surface area contributed by atoms with Crippen LogP contribution in [0.1, 0.15) is 35.7 Å². The number of rotatable bonds is 12. The molecule has 0 saturated carbocycles. The van der Waals surface area contributed by atoms with E-state index in [4.69, 9.17) is 14.7 Å². The van der Waals surface area contributed by atoms with Crippen LogP contribution in [0.25, 0.3) is 0 Å². The first-order chi connectivity index (χ1) is 12.5. The van der Waals surface area contributed by atoms with E-state index in [1.807, 2.05) is 26.0 Å². The SMILES string of the molecule is C=CCC(CC(COCOCC)NC(=O)c1ccc(C)cc1)C(=O)NO. The number of hydrogen-bond acceptors (Lipinski definition) is 5. The van der Waals surface area contributed by atoms with Crippen LogP contribution in [0.2, 0.25) is 0 Å². The Morgan fingerprint density at radius 2 is 1.96 bits per heavy atom. The van der Waals surface area contributed by atoms with E-state index in [2.05, 4.69) is 11.9 Å². The lowest BCUT2D eigenvalue weighted by molar-refractivity contribution is -0.134. The molecule has 0 spiro atoms. The highest BCUT2D eigenvalue weighted by molar-refractivity contribution is 5.94. The van der Waals surface area contributed by atoms with Gasteiger partial charge in [0.05, 0.1) is 12.6 Å². The van der Waals surface area contributed by atoms with Gasteiger partial charge in [-0.25, -0.2) is 5.48 Å². The van der Waals surface area contributed by atoms with Crippen LogP contribution in [0.5, 0.6) is 0 Å². The van der Waals surface area contributed by atoms with Crippen molar-refractivity contribution in [1.29, 1.82) is 0 Å². The van der Waals surface area contributed by atoms with Crippen LogP contribution in [0.3, 0.4) is 0 Å². The molecule has 0 aliphatic rings. The third-order valence-electron chi connectivity index (χ3n) is 3.84.